The van der Waals surface area contributed by atoms with Crippen molar-refractivity contribution >= 4 is 29.3 Å². The first-order valence-corrected chi connectivity index (χ1v) is 12.3. The molecule has 1 aliphatic rings. The van der Waals surface area contributed by atoms with Gasteiger partial charge in [-0.25, -0.2) is 9.97 Å². The Bertz CT molecular complexity index is 1010. The third-order valence-electron chi connectivity index (χ3n) is 5.40. The molecular weight excluding hydrogens is 398 g/mol. The van der Waals surface area contributed by atoms with Crippen LogP contribution in [0.3, 0.4) is 0 Å². The fraction of sp³-hybridized carbons (Fsp3) is 0.409. The van der Waals surface area contributed by atoms with Crippen LogP contribution in [-0.2, 0) is 19.4 Å². The summed E-state index contributed by atoms with van der Waals surface area (Å²) in [4.78, 5) is 10.7. The van der Waals surface area contributed by atoms with Crippen molar-refractivity contribution in [1.82, 2.24) is 20.2 Å². The van der Waals surface area contributed by atoms with Gasteiger partial charge in [-0.1, -0.05) is 37.7 Å². The van der Waals surface area contributed by atoms with Gasteiger partial charge in [-0.2, -0.15) is 5.10 Å². The van der Waals surface area contributed by atoms with Crippen molar-refractivity contribution in [2.45, 2.75) is 49.7 Å². The minimum atomic E-state index is 0.324. The normalized spacial score (nSPS) is 15.2. The number of rotatable bonds is 6. The molecule has 7 heteroatoms. The molecule has 29 heavy (non-hydrogen) atoms. The second kappa shape index (κ2) is 8.40. The summed E-state index contributed by atoms with van der Waals surface area (Å²) in [7, 11) is 0. The summed E-state index contributed by atoms with van der Waals surface area (Å²) < 4.78 is 0. The van der Waals surface area contributed by atoms with Crippen molar-refractivity contribution in [3.63, 3.8) is 0 Å². The SMILES string of the molecule is CSc1cccc(CNc2cc(-c3n[nH]c4c3CCC(C)(C)C4)nc(SC)n2)c1. The van der Waals surface area contributed by atoms with E-state index in [0.717, 1.165) is 41.7 Å². The summed E-state index contributed by atoms with van der Waals surface area (Å²) in [6.45, 7) is 5.37. The first kappa shape index (κ1) is 20.3. The molecule has 0 amide bonds. The Kier molecular flexibility index (Phi) is 5.88. The molecule has 5 nitrogen and oxygen atoms in total. The van der Waals surface area contributed by atoms with Crippen molar-refractivity contribution in [3.8, 4) is 11.4 Å². The number of anilines is 1. The van der Waals surface area contributed by atoms with Crippen LogP contribution < -0.4 is 5.32 Å². The van der Waals surface area contributed by atoms with E-state index >= 15 is 0 Å². The fourth-order valence-electron chi connectivity index (χ4n) is 3.76. The van der Waals surface area contributed by atoms with Gasteiger partial charge in [-0.15, -0.1) is 11.8 Å². The lowest BCUT2D eigenvalue weighted by atomic mass is 9.76. The average Bonchev–Trinajstić information content (AvgIpc) is 3.14. The van der Waals surface area contributed by atoms with E-state index in [1.165, 1.54) is 28.1 Å². The Labute approximate surface area is 180 Å². The van der Waals surface area contributed by atoms with Crippen molar-refractivity contribution in [3.05, 3.63) is 47.2 Å². The number of benzene rings is 1. The summed E-state index contributed by atoms with van der Waals surface area (Å²) in [6, 6.07) is 10.6. The molecule has 0 fully saturated rings. The van der Waals surface area contributed by atoms with Crippen molar-refractivity contribution in [2.75, 3.05) is 17.8 Å². The second-order valence-corrected chi connectivity index (χ2v) is 9.85. The number of nitrogens with one attached hydrogen (secondary N) is 2. The summed E-state index contributed by atoms with van der Waals surface area (Å²) in [5, 5.41) is 12.1. The van der Waals surface area contributed by atoms with E-state index < -0.39 is 0 Å². The molecule has 3 aromatic rings. The van der Waals surface area contributed by atoms with Gasteiger partial charge in [0.1, 0.15) is 11.5 Å². The van der Waals surface area contributed by atoms with Crippen molar-refractivity contribution in [2.24, 2.45) is 5.41 Å². The highest BCUT2D eigenvalue weighted by atomic mass is 32.2. The Morgan fingerprint density at radius 3 is 2.79 bits per heavy atom. The second-order valence-electron chi connectivity index (χ2n) is 8.20. The van der Waals surface area contributed by atoms with E-state index in [4.69, 9.17) is 4.98 Å². The van der Waals surface area contributed by atoms with Crippen LogP contribution in [0, 0.1) is 5.41 Å². The molecule has 0 unspecified atom stereocenters. The van der Waals surface area contributed by atoms with Crippen LogP contribution in [-0.4, -0.2) is 32.7 Å². The average molecular weight is 426 g/mol. The van der Waals surface area contributed by atoms with Crippen LogP contribution >= 0.6 is 23.5 Å². The lowest BCUT2D eigenvalue weighted by molar-refractivity contribution is 0.312. The van der Waals surface area contributed by atoms with Gasteiger partial charge in [0, 0.05) is 28.8 Å². The smallest absolute Gasteiger partial charge is 0.189 e. The van der Waals surface area contributed by atoms with E-state index in [0.29, 0.717) is 5.41 Å². The van der Waals surface area contributed by atoms with Crippen molar-refractivity contribution < 1.29 is 0 Å². The molecule has 0 radical (unpaired) electrons. The first-order chi connectivity index (χ1) is 14.0. The van der Waals surface area contributed by atoms with Crippen LogP contribution in [0.2, 0.25) is 0 Å². The van der Waals surface area contributed by atoms with E-state index in [1.54, 1.807) is 23.5 Å². The molecule has 0 bridgehead atoms. The third kappa shape index (κ3) is 4.61. The quantitative estimate of drug-likeness (QED) is 0.405. The summed E-state index contributed by atoms with van der Waals surface area (Å²) >= 11 is 3.31. The highest BCUT2D eigenvalue weighted by Gasteiger charge is 2.29. The van der Waals surface area contributed by atoms with Gasteiger partial charge >= 0.3 is 0 Å². The van der Waals surface area contributed by atoms with Crippen LogP contribution in [0.1, 0.15) is 37.1 Å². The standard InChI is InChI=1S/C22H27N5S2/c1-22(2)9-8-16-18(12-22)26-27-20(16)17-11-19(25-21(24-17)29-4)23-13-14-6-5-7-15(10-14)28-3/h5-7,10-11H,8-9,12-13H2,1-4H3,(H,26,27)(H,23,24,25). The Morgan fingerprint density at radius 2 is 2.00 bits per heavy atom. The highest BCUT2D eigenvalue weighted by Crippen LogP contribution is 2.37. The molecule has 0 saturated carbocycles. The van der Waals surface area contributed by atoms with E-state index in [9.17, 15) is 0 Å². The highest BCUT2D eigenvalue weighted by molar-refractivity contribution is 7.98. The zero-order valence-electron chi connectivity index (χ0n) is 17.4. The molecule has 0 saturated heterocycles. The number of hydrogen-bond acceptors (Lipinski definition) is 6. The molecule has 0 aliphatic heterocycles. The lowest BCUT2D eigenvalue weighted by Crippen LogP contribution is -2.22. The number of fused-ring (bicyclic) bond motifs is 1. The number of nitrogens with zero attached hydrogens (tertiary/aromatic N) is 3. The molecular formula is C22H27N5S2. The van der Waals surface area contributed by atoms with Crippen LogP contribution in [0.4, 0.5) is 5.82 Å². The van der Waals surface area contributed by atoms with E-state index in [-0.39, 0.29) is 0 Å². The van der Waals surface area contributed by atoms with Gasteiger partial charge in [0.15, 0.2) is 5.16 Å². The van der Waals surface area contributed by atoms with Gasteiger partial charge in [0.25, 0.3) is 0 Å². The Hall–Kier alpha value is -1.99. The molecule has 2 heterocycles. The van der Waals surface area contributed by atoms with Crippen LogP contribution in [0.15, 0.2) is 40.4 Å². The molecule has 0 atom stereocenters. The third-order valence-corrected chi connectivity index (χ3v) is 6.67. The number of thioether (sulfide) groups is 2. The largest absolute Gasteiger partial charge is 0.366 e. The maximum atomic E-state index is 4.75. The fourth-order valence-corrected chi connectivity index (χ4v) is 4.63. The zero-order valence-corrected chi connectivity index (χ0v) is 19.0. The monoisotopic (exact) mass is 425 g/mol. The predicted octanol–water partition coefficient (Wildman–Crippen LogP) is 5.44. The number of hydrogen-bond donors (Lipinski definition) is 2. The van der Waals surface area contributed by atoms with Gasteiger partial charge in [0.2, 0.25) is 0 Å². The molecule has 1 aliphatic carbocycles. The van der Waals surface area contributed by atoms with Gasteiger partial charge in [-0.05, 0) is 54.9 Å². The molecule has 0 spiro atoms. The maximum Gasteiger partial charge on any atom is 0.189 e. The first-order valence-electron chi connectivity index (χ1n) is 9.84. The molecule has 2 aromatic heterocycles. The minimum Gasteiger partial charge on any atom is -0.366 e. The topological polar surface area (TPSA) is 66.5 Å². The molecule has 4 rings (SSSR count). The summed E-state index contributed by atoms with van der Waals surface area (Å²) in [5.74, 6) is 0.835. The van der Waals surface area contributed by atoms with Crippen LogP contribution in [0.25, 0.3) is 11.4 Å². The van der Waals surface area contributed by atoms with Gasteiger partial charge < -0.3 is 5.32 Å². The minimum absolute atomic E-state index is 0.324. The van der Waals surface area contributed by atoms with Gasteiger partial charge in [-0.3, -0.25) is 5.10 Å². The lowest BCUT2D eigenvalue weighted by Gasteiger charge is -2.29. The van der Waals surface area contributed by atoms with Crippen LogP contribution in [0.5, 0.6) is 0 Å². The Morgan fingerprint density at radius 1 is 1.14 bits per heavy atom. The maximum absolute atomic E-state index is 4.75. The number of H-pyrrole nitrogens is 1. The number of aromatic amines is 1. The van der Waals surface area contributed by atoms with Gasteiger partial charge in [0.05, 0.1) is 5.69 Å². The summed E-state index contributed by atoms with van der Waals surface area (Å²) in [5.41, 5.74) is 5.99. The van der Waals surface area contributed by atoms with E-state index in [2.05, 4.69) is 64.9 Å². The summed E-state index contributed by atoms with van der Waals surface area (Å²) in [6.07, 6.45) is 7.35. The van der Waals surface area contributed by atoms with E-state index in [1.807, 2.05) is 12.3 Å². The molecule has 152 valence electrons. The predicted molar refractivity (Wildman–Crippen MR) is 123 cm³/mol. The molecule has 1 aromatic carbocycles. The number of aromatic nitrogens is 4. The van der Waals surface area contributed by atoms with Crippen molar-refractivity contribution in [1.29, 1.82) is 0 Å². The zero-order chi connectivity index (χ0) is 20.4. The molecule has 2 N–H and O–H groups in total. The Balaban J connectivity index is 1.60.